The number of rotatable bonds is 5. The summed E-state index contributed by atoms with van der Waals surface area (Å²) in [6, 6.07) is 8.14. The number of thiazole rings is 1. The Morgan fingerprint density at radius 3 is 2.84 bits per heavy atom. The van der Waals surface area contributed by atoms with Crippen LogP contribution in [0.2, 0.25) is 0 Å². The van der Waals surface area contributed by atoms with Gasteiger partial charge in [0.05, 0.1) is 16.7 Å². The first kappa shape index (κ1) is 18.5. The van der Waals surface area contributed by atoms with Gasteiger partial charge < -0.3 is 5.32 Å². The summed E-state index contributed by atoms with van der Waals surface area (Å²) in [5.74, 6) is 0.291. The number of carbonyl (C=O) groups is 1. The highest BCUT2D eigenvalue weighted by molar-refractivity contribution is 9.10. The minimum atomic E-state index is 0.0287. The number of hydrogen-bond donors (Lipinski definition) is 1. The molecule has 1 amide bonds. The monoisotopic (exact) mass is 421 g/mol. The van der Waals surface area contributed by atoms with Crippen LogP contribution in [0.25, 0.3) is 0 Å². The zero-order valence-electron chi connectivity index (χ0n) is 14.7. The van der Waals surface area contributed by atoms with E-state index >= 15 is 0 Å². The number of halogens is 1. The largest absolute Gasteiger partial charge is 0.349 e. The first-order valence-corrected chi connectivity index (χ1v) is 10.4. The number of aryl methyl sites for hydroxylation is 1. The second-order valence-corrected chi connectivity index (χ2v) is 8.67. The number of carbonyl (C=O) groups excluding carboxylic acids is 1. The van der Waals surface area contributed by atoms with E-state index in [1.165, 1.54) is 0 Å². The molecule has 1 aliphatic rings. The maximum atomic E-state index is 12.6. The molecule has 1 N–H and O–H groups in total. The third-order valence-corrected chi connectivity index (χ3v) is 6.03. The summed E-state index contributed by atoms with van der Waals surface area (Å²) < 4.78 is 1.04. The first-order chi connectivity index (χ1) is 12.0. The Labute approximate surface area is 161 Å². The van der Waals surface area contributed by atoms with Crippen LogP contribution in [0.3, 0.4) is 0 Å². The van der Waals surface area contributed by atoms with Gasteiger partial charge in [0.2, 0.25) is 5.91 Å². The van der Waals surface area contributed by atoms with E-state index in [0.717, 1.165) is 53.2 Å². The fourth-order valence-corrected chi connectivity index (χ4v) is 4.27. The normalized spacial score (nSPS) is 17.4. The molecule has 2 aromatic rings. The predicted octanol–water partition coefficient (Wildman–Crippen LogP) is 4.30. The van der Waals surface area contributed by atoms with E-state index in [1.807, 2.05) is 32.0 Å². The van der Waals surface area contributed by atoms with Gasteiger partial charge in [0.1, 0.15) is 0 Å². The topological polar surface area (TPSA) is 45.2 Å². The minimum absolute atomic E-state index is 0.0287. The van der Waals surface area contributed by atoms with Crippen molar-refractivity contribution in [1.82, 2.24) is 15.2 Å². The van der Waals surface area contributed by atoms with E-state index in [2.05, 4.69) is 42.6 Å². The summed E-state index contributed by atoms with van der Waals surface area (Å²) in [4.78, 5) is 19.5. The van der Waals surface area contributed by atoms with Crippen LogP contribution in [0.4, 0.5) is 0 Å². The molecule has 1 saturated heterocycles. The van der Waals surface area contributed by atoms with Gasteiger partial charge in [-0.05, 0) is 57.5 Å². The molecular weight excluding hydrogens is 398 g/mol. The molecule has 2 heterocycles. The second kappa shape index (κ2) is 8.43. The lowest BCUT2D eigenvalue weighted by Crippen LogP contribution is -2.40. The average molecular weight is 422 g/mol. The van der Waals surface area contributed by atoms with Gasteiger partial charge in [-0.15, -0.1) is 11.3 Å². The number of benzene rings is 1. The summed E-state index contributed by atoms with van der Waals surface area (Å²) in [7, 11) is 0. The molecule has 0 saturated carbocycles. The van der Waals surface area contributed by atoms with E-state index in [1.54, 1.807) is 11.3 Å². The maximum absolute atomic E-state index is 12.6. The SMILES string of the molecule is Cc1nc(CN2CCC(C(=O)NC(C)c3cccc(Br)c3)CC2)cs1. The molecule has 1 aromatic carbocycles. The molecule has 6 heteroatoms. The van der Waals surface area contributed by atoms with Crippen LogP contribution in [0.5, 0.6) is 0 Å². The van der Waals surface area contributed by atoms with Crippen LogP contribution in [0.1, 0.15) is 42.1 Å². The standard InChI is InChI=1S/C19H24BrN3OS/c1-13(16-4-3-5-17(20)10-16)21-19(24)15-6-8-23(9-7-15)11-18-12-25-14(2)22-18/h3-5,10,12-13,15H,6-9,11H2,1-2H3,(H,21,24). The molecule has 1 fully saturated rings. The van der Waals surface area contributed by atoms with Crippen molar-refractivity contribution in [2.45, 2.75) is 39.3 Å². The molecule has 0 radical (unpaired) electrons. The minimum Gasteiger partial charge on any atom is -0.349 e. The molecule has 134 valence electrons. The quantitative estimate of drug-likeness (QED) is 0.782. The Bertz CT molecular complexity index is 725. The van der Waals surface area contributed by atoms with E-state index in [0.29, 0.717) is 0 Å². The number of nitrogens with zero attached hydrogens (tertiary/aromatic N) is 2. The van der Waals surface area contributed by atoms with Gasteiger partial charge in [0, 0.05) is 22.3 Å². The Morgan fingerprint density at radius 2 is 2.20 bits per heavy atom. The zero-order chi connectivity index (χ0) is 17.8. The molecular formula is C19H24BrN3OS. The van der Waals surface area contributed by atoms with E-state index < -0.39 is 0 Å². The smallest absolute Gasteiger partial charge is 0.223 e. The Kier molecular flexibility index (Phi) is 6.25. The van der Waals surface area contributed by atoms with Gasteiger partial charge >= 0.3 is 0 Å². The number of nitrogens with one attached hydrogen (secondary N) is 1. The Hall–Kier alpha value is -1.24. The van der Waals surface area contributed by atoms with Gasteiger partial charge in [0.15, 0.2) is 0 Å². The second-order valence-electron chi connectivity index (χ2n) is 6.69. The number of likely N-dealkylation sites (tertiary alicyclic amines) is 1. The van der Waals surface area contributed by atoms with Gasteiger partial charge in [-0.2, -0.15) is 0 Å². The van der Waals surface area contributed by atoms with Gasteiger partial charge in [-0.25, -0.2) is 4.98 Å². The molecule has 4 nitrogen and oxygen atoms in total. The zero-order valence-corrected chi connectivity index (χ0v) is 17.1. The van der Waals surface area contributed by atoms with Crippen molar-refractivity contribution in [2.24, 2.45) is 5.92 Å². The highest BCUT2D eigenvalue weighted by Gasteiger charge is 2.26. The summed E-state index contributed by atoms with van der Waals surface area (Å²) in [5.41, 5.74) is 2.27. The number of aromatic nitrogens is 1. The van der Waals surface area contributed by atoms with E-state index in [-0.39, 0.29) is 17.9 Å². The third-order valence-electron chi connectivity index (χ3n) is 4.72. The van der Waals surface area contributed by atoms with Crippen molar-refractivity contribution in [2.75, 3.05) is 13.1 Å². The summed E-state index contributed by atoms with van der Waals surface area (Å²) in [5, 5.41) is 6.42. The van der Waals surface area contributed by atoms with Gasteiger partial charge in [-0.3, -0.25) is 9.69 Å². The molecule has 1 aromatic heterocycles. The van der Waals surface area contributed by atoms with Crippen LogP contribution in [-0.2, 0) is 11.3 Å². The fourth-order valence-electron chi connectivity index (χ4n) is 3.25. The number of piperidine rings is 1. The van der Waals surface area contributed by atoms with Crippen LogP contribution in [0, 0.1) is 12.8 Å². The highest BCUT2D eigenvalue weighted by atomic mass is 79.9. The molecule has 1 atom stereocenters. The maximum Gasteiger partial charge on any atom is 0.223 e. The van der Waals surface area contributed by atoms with Crippen LogP contribution in [-0.4, -0.2) is 28.9 Å². The van der Waals surface area contributed by atoms with Gasteiger partial charge in [-0.1, -0.05) is 28.1 Å². The van der Waals surface area contributed by atoms with Crippen molar-refractivity contribution in [3.05, 3.63) is 50.4 Å². The lowest BCUT2D eigenvalue weighted by atomic mass is 9.95. The summed E-state index contributed by atoms with van der Waals surface area (Å²) in [6.07, 6.45) is 1.83. The van der Waals surface area contributed by atoms with Crippen molar-refractivity contribution >= 4 is 33.2 Å². The molecule has 0 spiro atoms. The van der Waals surface area contributed by atoms with Crippen molar-refractivity contribution in [1.29, 1.82) is 0 Å². The number of amides is 1. The highest BCUT2D eigenvalue weighted by Crippen LogP contribution is 2.22. The average Bonchev–Trinajstić information content (AvgIpc) is 3.00. The summed E-state index contributed by atoms with van der Waals surface area (Å²) in [6.45, 7) is 6.89. The molecule has 25 heavy (non-hydrogen) atoms. The molecule has 0 aliphatic carbocycles. The van der Waals surface area contributed by atoms with Crippen LogP contribution in [0.15, 0.2) is 34.1 Å². The fraction of sp³-hybridized carbons (Fsp3) is 0.474. The molecule has 3 rings (SSSR count). The lowest BCUT2D eigenvalue weighted by Gasteiger charge is -2.31. The van der Waals surface area contributed by atoms with Crippen molar-refractivity contribution in [3.63, 3.8) is 0 Å². The molecule has 1 aliphatic heterocycles. The van der Waals surface area contributed by atoms with E-state index in [4.69, 9.17) is 0 Å². The van der Waals surface area contributed by atoms with Crippen LogP contribution >= 0.6 is 27.3 Å². The summed E-state index contributed by atoms with van der Waals surface area (Å²) >= 11 is 5.18. The molecule has 0 bridgehead atoms. The third kappa shape index (κ3) is 5.12. The van der Waals surface area contributed by atoms with Gasteiger partial charge in [0.25, 0.3) is 0 Å². The predicted molar refractivity (Wildman–Crippen MR) is 106 cm³/mol. The Morgan fingerprint density at radius 1 is 1.44 bits per heavy atom. The molecule has 1 unspecified atom stereocenters. The van der Waals surface area contributed by atoms with Crippen LogP contribution < -0.4 is 5.32 Å². The Balaban J connectivity index is 1.48. The number of hydrogen-bond acceptors (Lipinski definition) is 4. The van der Waals surface area contributed by atoms with Crippen molar-refractivity contribution < 1.29 is 4.79 Å². The van der Waals surface area contributed by atoms with Crippen molar-refractivity contribution in [3.8, 4) is 0 Å². The lowest BCUT2D eigenvalue weighted by molar-refractivity contribution is -0.127. The first-order valence-electron chi connectivity index (χ1n) is 8.70. The van der Waals surface area contributed by atoms with E-state index in [9.17, 15) is 4.79 Å².